The van der Waals surface area contributed by atoms with Crippen molar-refractivity contribution in [1.82, 2.24) is 9.97 Å². The molecule has 6 heteroatoms. The second-order valence-electron chi connectivity index (χ2n) is 2.16. The third kappa shape index (κ3) is 0.884. The molecule has 1 aliphatic rings. The standard InChI is InChI=1S/C6H3FN4O/c7-1-4-8-2-3-5(9-4)6(12)11-10-3/h2H,1H2. The molecule has 5 nitrogen and oxygen atoms in total. The Balaban J connectivity index is 2.55. The van der Waals surface area contributed by atoms with Crippen molar-refractivity contribution in [2.75, 3.05) is 0 Å². The molecule has 0 fully saturated rings. The Hall–Kier alpha value is -1.72. The SMILES string of the molecule is O=C1N=Nc2cnc(CF)nc21. The van der Waals surface area contributed by atoms with E-state index in [-0.39, 0.29) is 11.5 Å². The van der Waals surface area contributed by atoms with Crippen molar-refractivity contribution in [1.29, 1.82) is 0 Å². The normalized spacial score (nSPS) is 13.6. The molecule has 60 valence electrons. The van der Waals surface area contributed by atoms with Crippen LogP contribution in [-0.4, -0.2) is 15.9 Å². The summed E-state index contributed by atoms with van der Waals surface area (Å²) in [6, 6.07) is 0. The highest BCUT2D eigenvalue weighted by atomic mass is 19.1. The van der Waals surface area contributed by atoms with E-state index in [0.29, 0.717) is 5.69 Å². The Morgan fingerprint density at radius 3 is 3.00 bits per heavy atom. The van der Waals surface area contributed by atoms with E-state index >= 15 is 0 Å². The van der Waals surface area contributed by atoms with Crippen molar-refractivity contribution in [3.8, 4) is 0 Å². The van der Waals surface area contributed by atoms with Gasteiger partial charge in [-0.25, -0.2) is 14.4 Å². The first-order valence-corrected chi connectivity index (χ1v) is 3.19. The van der Waals surface area contributed by atoms with Crippen LogP contribution in [0, 0.1) is 0 Å². The molecule has 12 heavy (non-hydrogen) atoms. The number of rotatable bonds is 1. The maximum absolute atomic E-state index is 12.0. The molecule has 0 atom stereocenters. The third-order valence-corrected chi connectivity index (χ3v) is 1.39. The lowest BCUT2D eigenvalue weighted by Crippen LogP contribution is -1.99. The zero-order chi connectivity index (χ0) is 8.55. The number of halogens is 1. The molecule has 0 aromatic carbocycles. The molecule has 0 bridgehead atoms. The second-order valence-corrected chi connectivity index (χ2v) is 2.16. The van der Waals surface area contributed by atoms with Gasteiger partial charge >= 0.3 is 5.91 Å². The smallest absolute Gasteiger partial charge is 0.263 e. The van der Waals surface area contributed by atoms with E-state index in [4.69, 9.17) is 0 Å². The van der Waals surface area contributed by atoms with Gasteiger partial charge in [0.05, 0.1) is 6.20 Å². The quantitative estimate of drug-likeness (QED) is 0.629. The fraction of sp³-hybridized carbons (Fsp3) is 0.167. The summed E-state index contributed by atoms with van der Waals surface area (Å²) in [6.45, 7) is -0.791. The number of alkyl halides is 1. The Kier molecular flexibility index (Phi) is 1.39. The summed E-state index contributed by atoms with van der Waals surface area (Å²) in [5, 5.41) is 6.72. The lowest BCUT2D eigenvalue weighted by atomic mass is 10.3. The van der Waals surface area contributed by atoms with Crippen LogP contribution in [0.2, 0.25) is 0 Å². The van der Waals surface area contributed by atoms with E-state index in [1.54, 1.807) is 0 Å². The van der Waals surface area contributed by atoms with E-state index in [9.17, 15) is 9.18 Å². The van der Waals surface area contributed by atoms with Gasteiger partial charge in [0.2, 0.25) is 0 Å². The van der Waals surface area contributed by atoms with Gasteiger partial charge in [-0.3, -0.25) is 4.79 Å². The maximum atomic E-state index is 12.0. The summed E-state index contributed by atoms with van der Waals surface area (Å²) in [5.41, 5.74) is 0.384. The highest BCUT2D eigenvalue weighted by molar-refractivity contribution is 5.99. The highest BCUT2D eigenvalue weighted by Crippen LogP contribution is 2.23. The predicted molar refractivity (Wildman–Crippen MR) is 35.7 cm³/mol. The van der Waals surface area contributed by atoms with Crippen LogP contribution in [0.4, 0.5) is 10.1 Å². The van der Waals surface area contributed by atoms with Crippen LogP contribution in [0.1, 0.15) is 16.3 Å². The van der Waals surface area contributed by atoms with Gasteiger partial charge in [0.15, 0.2) is 11.5 Å². The Bertz CT molecular complexity index is 376. The minimum atomic E-state index is -0.791. The molecular formula is C6H3FN4O. The van der Waals surface area contributed by atoms with Gasteiger partial charge in [0, 0.05) is 0 Å². The van der Waals surface area contributed by atoms with Gasteiger partial charge in [-0.1, -0.05) is 0 Å². The van der Waals surface area contributed by atoms with Crippen LogP contribution in [0.5, 0.6) is 0 Å². The van der Waals surface area contributed by atoms with Gasteiger partial charge in [-0.2, -0.15) is 0 Å². The van der Waals surface area contributed by atoms with Crippen LogP contribution in [0.15, 0.2) is 16.4 Å². The lowest BCUT2D eigenvalue weighted by molar-refractivity contribution is 0.0997. The molecule has 0 N–H and O–H groups in total. The van der Waals surface area contributed by atoms with Gasteiger partial charge in [-0.15, -0.1) is 10.2 Å². The van der Waals surface area contributed by atoms with E-state index in [2.05, 4.69) is 20.2 Å². The van der Waals surface area contributed by atoms with Crippen LogP contribution in [0.3, 0.4) is 0 Å². The van der Waals surface area contributed by atoms with E-state index < -0.39 is 12.6 Å². The van der Waals surface area contributed by atoms with Gasteiger partial charge in [-0.05, 0) is 0 Å². The predicted octanol–water partition coefficient (Wildman–Crippen LogP) is 1.18. The molecule has 1 amide bonds. The summed E-state index contributed by atoms with van der Waals surface area (Å²) in [4.78, 5) is 18.1. The summed E-state index contributed by atoms with van der Waals surface area (Å²) in [5.74, 6) is -0.559. The average Bonchev–Trinajstić information content (AvgIpc) is 2.47. The van der Waals surface area contributed by atoms with Crippen molar-refractivity contribution in [3.63, 3.8) is 0 Å². The number of carbonyl (C=O) groups is 1. The topological polar surface area (TPSA) is 67.6 Å². The van der Waals surface area contributed by atoms with E-state index in [1.165, 1.54) is 6.20 Å². The summed E-state index contributed by atoms with van der Waals surface area (Å²) >= 11 is 0. The molecule has 2 heterocycles. The minimum absolute atomic E-state index is 0.0191. The first kappa shape index (κ1) is 6.96. The number of hydrogen-bond acceptors (Lipinski definition) is 4. The molecular weight excluding hydrogens is 163 g/mol. The van der Waals surface area contributed by atoms with Gasteiger partial charge in [0.1, 0.15) is 12.4 Å². The molecule has 0 unspecified atom stereocenters. The lowest BCUT2D eigenvalue weighted by Gasteiger charge is -1.93. The first-order chi connectivity index (χ1) is 5.81. The molecule has 0 spiro atoms. The van der Waals surface area contributed by atoms with Crippen LogP contribution < -0.4 is 0 Å². The number of azo groups is 1. The molecule has 0 saturated carbocycles. The molecule has 1 aromatic heterocycles. The van der Waals surface area contributed by atoms with Crippen molar-refractivity contribution in [2.45, 2.75) is 6.67 Å². The van der Waals surface area contributed by atoms with Gasteiger partial charge in [0.25, 0.3) is 0 Å². The fourth-order valence-electron chi connectivity index (χ4n) is 0.854. The third-order valence-electron chi connectivity index (χ3n) is 1.39. The molecule has 0 saturated heterocycles. The fourth-order valence-corrected chi connectivity index (χ4v) is 0.854. The number of amides is 1. The van der Waals surface area contributed by atoms with Gasteiger partial charge < -0.3 is 0 Å². The number of hydrogen-bond donors (Lipinski definition) is 0. The Labute approximate surface area is 66.4 Å². The molecule has 0 radical (unpaired) electrons. The van der Waals surface area contributed by atoms with E-state index in [0.717, 1.165) is 0 Å². The number of fused-ring (bicyclic) bond motifs is 1. The van der Waals surface area contributed by atoms with Crippen LogP contribution in [0.25, 0.3) is 0 Å². The molecule has 0 aliphatic carbocycles. The average molecular weight is 166 g/mol. The largest absolute Gasteiger partial charge is 0.316 e. The number of carbonyl (C=O) groups excluding carboxylic acids is 1. The number of nitrogens with zero attached hydrogens (tertiary/aromatic N) is 4. The van der Waals surface area contributed by atoms with Crippen molar-refractivity contribution in [2.24, 2.45) is 10.2 Å². The maximum Gasteiger partial charge on any atom is 0.316 e. The van der Waals surface area contributed by atoms with Crippen molar-refractivity contribution < 1.29 is 9.18 Å². The van der Waals surface area contributed by atoms with Crippen molar-refractivity contribution >= 4 is 11.6 Å². The Morgan fingerprint density at radius 2 is 2.25 bits per heavy atom. The Morgan fingerprint density at radius 1 is 1.42 bits per heavy atom. The minimum Gasteiger partial charge on any atom is -0.263 e. The molecule has 1 aliphatic heterocycles. The zero-order valence-corrected chi connectivity index (χ0v) is 5.86. The van der Waals surface area contributed by atoms with Crippen LogP contribution >= 0.6 is 0 Å². The highest BCUT2D eigenvalue weighted by Gasteiger charge is 2.19. The molecule has 1 aromatic rings. The van der Waals surface area contributed by atoms with E-state index in [1.807, 2.05) is 0 Å². The summed E-state index contributed by atoms with van der Waals surface area (Å²) < 4.78 is 12.0. The second kappa shape index (κ2) is 2.40. The number of aromatic nitrogens is 2. The first-order valence-electron chi connectivity index (χ1n) is 3.19. The summed E-state index contributed by atoms with van der Waals surface area (Å²) in [6.07, 6.45) is 1.28. The zero-order valence-electron chi connectivity index (χ0n) is 5.86. The van der Waals surface area contributed by atoms with Crippen molar-refractivity contribution in [3.05, 3.63) is 17.7 Å². The summed E-state index contributed by atoms with van der Waals surface area (Å²) in [7, 11) is 0. The molecule has 2 rings (SSSR count). The van der Waals surface area contributed by atoms with Crippen LogP contribution in [-0.2, 0) is 6.67 Å². The monoisotopic (exact) mass is 166 g/mol.